The van der Waals surface area contributed by atoms with Crippen molar-refractivity contribution >= 4 is 17.5 Å². The van der Waals surface area contributed by atoms with Gasteiger partial charge in [-0.25, -0.2) is 9.37 Å². The molecule has 0 radical (unpaired) electrons. The number of carbonyl (C=O) groups is 2. The van der Waals surface area contributed by atoms with Crippen LogP contribution in [0.1, 0.15) is 26.5 Å². The highest BCUT2D eigenvalue weighted by atomic mass is 19.1. The van der Waals surface area contributed by atoms with Gasteiger partial charge in [0.25, 0.3) is 11.8 Å². The highest BCUT2D eigenvalue weighted by Crippen LogP contribution is 2.10. The Balaban J connectivity index is 1.66. The molecule has 26 heavy (non-hydrogen) atoms. The lowest BCUT2D eigenvalue weighted by Crippen LogP contribution is -2.25. The number of nitrogens with one attached hydrogen (secondary N) is 2. The summed E-state index contributed by atoms with van der Waals surface area (Å²) in [5.74, 6) is -1.24. The zero-order chi connectivity index (χ0) is 18.4. The Morgan fingerprint density at radius 2 is 1.46 bits per heavy atom. The summed E-state index contributed by atoms with van der Waals surface area (Å²) in [5, 5.41) is 5.37. The number of carbonyl (C=O) groups excluding carboxylic acids is 2. The van der Waals surface area contributed by atoms with Crippen LogP contribution in [0.2, 0.25) is 0 Å². The molecule has 0 aliphatic rings. The van der Waals surface area contributed by atoms with Crippen molar-refractivity contribution in [2.24, 2.45) is 0 Å². The Labute approximate surface area is 149 Å². The number of hydrogen-bond acceptors (Lipinski definition) is 3. The second-order valence-corrected chi connectivity index (χ2v) is 5.54. The van der Waals surface area contributed by atoms with Crippen molar-refractivity contribution in [3.63, 3.8) is 0 Å². The minimum absolute atomic E-state index is 0.0988. The Hall–Kier alpha value is -3.54. The summed E-state index contributed by atoms with van der Waals surface area (Å²) < 4.78 is 12.9. The molecule has 0 fully saturated rings. The van der Waals surface area contributed by atoms with E-state index in [0.717, 1.165) is 5.56 Å². The summed E-state index contributed by atoms with van der Waals surface area (Å²) >= 11 is 0. The molecule has 0 unspecified atom stereocenters. The lowest BCUT2D eigenvalue weighted by molar-refractivity contribution is 0.0945. The van der Waals surface area contributed by atoms with Crippen molar-refractivity contribution in [1.29, 1.82) is 0 Å². The lowest BCUT2D eigenvalue weighted by Gasteiger charge is -2.07. The number of amides is 2. The molecule has 3 rings (SSSR count). The van der Waals surface area contributed by atoms with Gasteiger partial charge in [0.15, 0.2) is 0 Å². The van der Waals surface area contributed by atoms with Crippen LogP contribution < -0.4 is 10.6 Å². The molecule has 3 aromatic rings. The minimum Gasteiger partial charge on any atom is -0.347 e. The number of halogens is 1. The number of benzene rings is 2. The zero-order valence-electron chi connectivity index (χ0n) is 13.8. The number of nitrogens with zero attached hydrogens (tertiary/aromatic N) is 1. The van der Waals surface area contributed by atoms with Crippen LogP contribution in [-0.2, 0) is 6.54 Å². The molecule has 2 aromatic carbocycles. The number of pyridine rings is 1. The Kier molecular flexibility index (Phi) is 5.34. The van der Waals surface area contributed by atoms with Crippen LogP contribution in [0, 0.1) is 5.82 Å². The van der Waals surface area contributed by atoms with Crippen LogP contribution >= 0.6 is 0 Å². The molecule has 2 N–H and O–H groups in total. The van der Waals surface area contributed by atoms with E-state index in [2.05, 4.69) is 15.6 Å². The van der Waals surface area contributed by atoms with Gasteiger partial charge in [-0.1, -0.05) is 36.4 Å². The average Bonchev–Trinajstić information content (AvgIpc) is 2.69. The monoisotopic (exact) mass is 349 g/mol. The van der Waals surface area contributed by atoms with E-state index >= 15 is 0 Å². The number of hydrogen-bond donors (Lipinski definition) is 2. The summed E-state index contributed by atoms with van der Waals surface area (Å²) in [6, 6.07) is 19.5. The molecule has 0 spiro atoms. The third kappa shape index (κ3) is 4.51. The third-order valence-electron chi connectivity index (χ3n) is 3.61. The van der Waals surface area contributed by atoms with Crippen LogP contribution in [0.25, 0.3) is 0 Å². The SMILES string of the molecule is O=C(NCc1ccccc1)c1cccc(C(=O)Nc2ccc(F)cc2)n1. The second kappa shape index (κ2) is 8.02. The fourth-order valence-electron chi connectivity index (χ4n) is 2.28. The molecule has 0 bridgehead atoms. The Morgan fingerprint density at radius 1 is 0.808 bits per heavy atom. The van der Waals surface area contributed by atoms with Gasteiger partial charge in [-0.15, -0.1) is 0 Å². The molecule has 5 nitrogen and oxygen atoms in total. The van der Waals surface area contributed by atoms with E-state index in [1.807, 2.05) is 30.3 Å². The maximum Gasteiger partial charge on any atom is 0.274 e. The van der Waals surface area contributed by atoms with Crippen molar-refractivity contribution in [1.82, 2.24) is 10.3 Å². The van der Waals surface area contributed by atoms with E-state index in [0.29, 0.717) is 12.2 Å². The minimum atomic E-state index is -0.477. The smallest absolute Gasteiger partial charge is 0.274 e. The maximum absolute atomic E-state index is 12.9. The normalized spacial score (nSPS) is 10.2. The predicted molar refractivity (Wildman–Crippen MR) is 96.2 cm³/mol. The van der Waals surface area contributed by atoms with Gasteiger partial charge in [-0.05, 0) is 42.0 Å². The standard InChI is InChI=1S/C20H16FN3O2/c21-15-9-11-16(12-10-15)23-20(26)18-8-4-7-17(24-18)19(25)22-13-14-5-2-1-3-6-14/h1-12H,13H2,(H,22,25)(H,23,26). The number of anilines is 1. The summed E-state index contributed by atoms with van der Waals surface area (Å²) in [4.78, 5) is 28.6. The molecule has 0 saturated heterocycles. The number of rotatable bonds is 5. The van der Waals surface area contributed by atoms with Gasteiger partial charge < -0.3 is 10.6 Å². The summed E-state index contributed by atoms with van der Waals surface area (Å²) in [7, 11) is 0. The van der Waals surface area contributed by atoms with Crippen molar-refractivity contribution in [3.05, 3.63) is 95.6 Å². The van der Waals surface area contributed by atoms with Gasteiger partial charge in [0.2, 0.25) is 0 Å². The van der Waals surface area contributed by atoms with Crippen LogP contribution in [0.5, 0.6) is 0 Å². The number of aromatic nitrogens is 1. The van der Waals surface area contributed by atoms with E-state index < -0.39 is 11.7 Å². The van der Waals surface area contributed by atoms with Gasteiger partial charge >= 0.3 is 0 Å². The van der Waals surface area contributed by atoms with E-state index in [9.17, 15) is 14.0 Å². The maximum atomic E-state index is 12.9. The molecule has 0 aliphatic heterocycles. The molecule has 6 heteroatoms. The average molecular weight is 349 g/mol. The Morgan fingerprint density at radius 3 is 2.15 bits per heavy atom. The van der Waals surface area contributed by atoms with Crippen LogP contribution in [0.15, 0.2) is 72.8 Å². The highest BCUT2D eigenvalue weighted by molar-refractivity contribution is 6.03. The van der Waals surface area contributed by atoms with Gasteiger partial charge in [0.05, 0.1) is 0 Å². The van der Waals surface area contributed by atoms with E-state index in [4.69, 9.17) is 0 Å². The first-order chi connectivity index (χ1) is 12.6. The van der Waals surface area contributed by atoms with Gasteiger partial charge in [0.1, 0.15) is 17.2 Å². The van der Waals surface area contributed by atoms with Crippen molar-refractivity contribution in [2.75, 3.05) is 5.32 Å². The first kappa shape index (κ1) is 17.3. The quantitative estimate of drug-likeness (QED) is 0.742. The zero-order valence-corrected chi connectivity index (χ0v) is 13.8. The predicted octanol–water partition coefficient (Wildman–Crippen LogP) is 3.40. The lowest BCUT2D eigenvalue weighted by atomic mass is 10.2. The van der Waals surface area contributed by atoms with Gasteiger partial charge in [0, 0.05) is 12.2 Å². The molecular formula is C20H16FN3O2. The molecule has 0 atom stereocenters. The van der Waals surface area contributed by atoms with Crippen molar-refractivity contribution in [2.45, 2.75) is 6.54 Å². The topological polar surface area (TPSA) is 71.1 Å². The molecular weight excluding hydrogens is 333 g/mol. The fourth-order valence-corrected chi connectivity index (χ4v) is 2.28. The molecule has 0 aliphatic carbocycles. The summed E-state index contributed by atoms with van der Waals surface area (Å²) in [6.45, 7) is 0.368. The van der Waals surface area contributed by atoms with Crippen LogP contribution in [0.4, 0.5) is 10.1 Å². The Bertz CT molecular complexity index is 912. The molecule has 1 heterocycles. The second-order valence-electron chi connectivity index (χ2n) is 5.54. The molecule has 130 valence electrons. The van der Waals surface area contributed by atoms with Crippen LogP contribution in [0.3, 0.4) is 0 Å². The first-order valence-corrected chi connectivity index (χ1v) is 7.98. The van der Waals surface area contributed by atoms with Crippen molar-refractivity contribution in [3.8, 4) is 0 Å². The van der Waals surface area contributed by atoms with Crippen molar-refractivity contribution < 1.29 is 14.0 Å². The van der Waals surface area contributed by atoms with Gasteiger partial charge in [-0.3, -0.25) is 9.59 Å². The first-order valence-electron chi connectivity index (χ1n) is 7.98. The third-order valence-corrected chi connectivity index (χ3v) is 3.61. The largest absolute Gasteiger partial charge is 0.347 e. The molecule has 0 saturated carbocycles. The van der Waals surface area contributed by atoms with E-state index in [1.54, 1.807) is 6.07 Å². The highest BCUT2D eigenvalue weighted by Gasteiger charge is 2.12. The van der Waals surface area contributed by atoms with E-state index in [-0.39, 0.29) is 17.3 Å². The molecule has 2 amide bonds. The van der Waals surface area contributed by atoms with E-state index in [1.165, 1.54) is 36.4 Å². The fraction of sp³-hybridized carbons (Fsp3) is 0.0500. The van der Waals surface area contributed by atoms with Gasteiger partial charge in [-0.2, -0.15) is 0 Å². The summed E-state index contributed by atoms with van der Waals surface area (Å²) in [5.41, 5.74) is 1.65. The molecule has 1 aromatic heterocycles. The van der Waals surface area contributed by atoms with Crippen LogP contribution in [-0.4, -0.2) is 16.8 Å². The summed E-state index contributed by atoms with van der Waals surface area (Å²) in [6.07, 6.45) is 0.